The summed E-state index contributed by atoms with van der Waals surface area (Å²) in [4.78, 5) is 70.3. The van der Waals surface area contributed by atoms with Crippen LogP contribution in [-0.2, 0) is 41.4 Å². The van der Waals surface area contributed by atoms with Gasteiger partial charge in [-0.1, -0.05) is 69.7 Å². The summed E-state index contributed by atoms with van der Waals surface area (Å²) in [7, 11) is 1.33. The van der Waals surface area contributed by atoms with Gasteiger partial charge in [0.05, 0.1) is 18.6 Å². The lowest BCUT2D eigenvalue weighted by Gasteiger charge is -2.29. The summed E-state index contributed by atoms with van der Waals surface area (Å²) in [6.07, 6.45) is 0.948. The van der Waals surface area contributed by atoms with Crippen molar-refractivity contribution in [2.24, 2.45) is 11.8 Å². The van der Waals surface area contributed by atoms with Gasteiger partial charge in [0.15, 0.2) is 23.6 Å². The van der Waals surface area contributed by atoms with Crippen LogP contribution in [0.3, 0.4) is 0 Å². The Morgan fingerprint density at radius 2 is 1.69 bits per heavy atom. The molecule has 0 aliphatic carbocycles. The Hall–Kier alpha value is -5.26. The van der Waals surface area contributed by atoms with Crippen LogP contribution in [0, 0.1) is 11.8 Å². The molecule has 12 nitrogen and oxygen atoms in total. The Morgan fingerprint density at radius 3 is 2.33 bits per heavy atom. The number of esters is 4. The Bertz CT molecular complexity index is 1610. The number of nitrogens with zero attached hydrogens (tertiary/aromatic N) is 1. The van der Waals surface area contributed by atoms with Gasteiger partial charge in [-0.05, 0) is 43.0 Å². The smallest absolute Gasteiger partial charge is 0.343 e. The minimum atomic E-state index is -1.48. The highest BCUT2D eigenvalue weighted by atomic mass is 16.6. The van der Waals surface area contributed by atoms with Crippen molar-refractivity contribution in [3.63, 3.8) is 0 Å². The maximum atomic E-state index is 13.6. The monoisotopic (exact) mass is 660 g/mol. The molecular formula is C36H40N2O10. The predicted octanol–water partition coefficient (Wildman–Crippen LogP) is 4.28. The third kappa shape index (κ3) is 8.96. The highest BCUT2D eigenvalue weighted by Crippen LogP contribution is 2.31. The second-order valence-corrected chi connectivity index (χ2v) is 11.7. The van der Waals surface area contributed by atoms with E-state index in [-0.39, 0.29) is 29.2 Å². The first kappa shape index (κ1) is 35.6. The van der Waals surface area contributed by atoms with E-state index in [0.717, 1.165) is 24.0 Å². The number of benzene rings is 2. The third-order valence-corrected chi connectivity index (χ3v) is 7.69. The van der Waals surface area contributed by atoms with E-state index < -0.39 is 66.5 Å². The van der Waals surface area contributed by atoms with E-state index in [9.17, 15) is 24.0 Å². The van der Waals surface area contributed by atoms with Gasteiger partial charge in [-0.25, -0.2) is 14.6 Å². The van der Waals surface area contributed by atoms with E-state index >= 15 is 0 Å². The zero-order chi connectivity index (χ0) is 34.8. The van der Waals surface area contributed by atoms with Crippen molar-refractivity contribution < 1.29 is 47.7 Å². The van der Waals surface area contributed by atoms with E-state index in [0.29, 0.717) is 0 Å². The minimum absolute atomic E-state index is 0.0433. The first-order valence-electron chi connectivity index (χ1n) is 15.8. The van der Waals surface area contributed by atoms with E-state index in [1.165, 1.54) is 26.3 Å². The highest BCUT2D eigenvalue weighted by Gasteiger charge is 2.42. The van der Waals surface area contributed by atoms with Crippen molar-refractivity contribution in [1.29, 1.82) is 0 Å². The fraction of sp³-hybridized carbons (Fsp3) is 0.389. The van der Waals surface area contributed by atoms with Gasteiger partial charge in [0.2, 0.25) is 5.75 Å². The van der Waals surface area contributed by atoms with Crippen LogP contribution < -0.4 is 14.8 Å². The number of rotatable bonds is 11. The molecule has 4 atom stereocenters. The Kier molecular flexibility index (Phi) is 12.3. The number of ether oxygens (including phenoxy) is 5. The summed E-state index contributed by atoms with van der Waals surface area (Å²) in [5.74, 6) is -5.72. The summed E-state index contributed by atoms with van der Waals surface area (Å²) in [5, 5.41) is 2.48. The summed E-state index contributed by atoms with van der Waals surface area (Å²) in [6.45, 7) is 6.25. The molecule has 1 amide bonds. The van der Waals surface area contributed by atoms with E-state index in [2.05, 4.69) is 17.2 Å². The van der Waals surface area contributed by atoms with Gasteiger partial charge in [0.25, 0.3) is 5.91 Å². The maximum absolute atomic E-state index is 13.6. The van der Waals surface area contributed by atoms with Crippen molar-refractivity contribution in [1.82, 2.24) is 10.3 Å². The average Bonchev–Trinajstić information content (AvgIpc) is 3.11. The Balaban J connectivity index is 1.58. The van der Waals surface area contributed by atoms with Gasteiger partial charge in [0.1, 0.15) is 18.6 Å². The van der Waals surface area contributed by atoms with E-state index in [4.69, 9.17) is 23.7 Å². The molecule has 1 aliphatic rings. The lowest BCUT2D eigenvalue weighted by Crippen LogP contribution is -2.47. The molecule has 0 unspecified atom stereocenters. The molecule has 254 valence electrons. The number of pyridine rings is 1. The fourth-order valence-electron chi connectivity index (χ4n) is 5.08. The molecule has 1 N–H and O–H groups in total. The molecule has 1 saturated heterocycles. The van der Waals surface area contributed by atoms with Gasteiger partial charge < -0.3 is 29.0 Å². The van der Waals surface area contributed by atoms with Crippen LogP contribution >= 0.6 is 0 Å². The van der Waals surface area contributed by atoms with Crippen molar-refractivity contribution in [2.45, 2.75) is 65.2 Å². The van der Waals surface area contributed by atoms with Crippen LogP contribution in [0.15, 0.2) is 66.9 Å². The third-order valence-electron chi connectivity index (χ3n) is 7.69. The number of nitrogens with one attached hydrogen (secondary N) is 1. The van der Waals surface area contributed by atoms with Crippen LogP contribution in [0.5, 0.6) is 11.5 Å². The van der Waals surface area contributed by atoms with Crippen LogP contribution in [-0.4, -0.2) is 66.7 Å². The number of aryl methyl sites for hydroxylation is 1. The molecular weight excluding hydrogens is 620 g/mol. The Labute approximate surface area is 279 Å². The molecule has 1 fully saturated rings. The molecule has 0 bridgehead atoms. The molecule has 48 heavy (non-hydrogen) atoms. The first-order valence-corrected chi connectivity index (χ1v) is 15.8. The van der Waals surface area contributed by atoms with Gasteiger partial charge in [0, 0.05) is 12.3 Å². The number of hydrogen-bond donors (Lipinski definition) is 1. The van der Waals surface area contributed by atoms with Crippen molar-refractivity contribution in [3.05, 3.63) is 89.2 Å². The predicted molar refractivity (Wildman–Crippen MR) is 172 cm³/mol. The summed E-state index contributed by atoms with van der Waals surface area (Å²) in [6, 6.07) is 15.9. The number of carbonyl (C=O) groups is 5. The summed E-state index contributed by atoms with van der Waals surface area (Å²) in [5.41, 5.74) is 1.71. The molecule has 1 aromatic heterocycles. The molecule has 3 aromatic rings. The van der Waals surface area contributed by atoms with Crippen molar-refractivity contribution in [2.75, 3.05) is 13.7 Å². The van der Waals surface area contributed by atoms with Gasteiger partial charge in [-0.2, -0.15) is 0 Å². The fourth-order valence-corrected chi connectivity index (χ4v) is 5.08. The maximum Gasteiger partial charge on any atom is 0.343 e. The van der Waals surface area contributed by atoms with E-state index in [1.807, 2.05) is 30.3 Å². The summed E-state index contributed by atoms with van der Waals surface area (Å²) >= 11 is 0. The Morgan fingerprint density at radius 1 is 0.979 bits per heavy atom. The van der Waals surface area contributed by atoms with Crippen LogP contribution in [0.25, 0.3) is 0 Å². The zero-order valence-electron chi connectivity index (χ0n) is 27.6. The number of amides is 1. The van der Waals surface area contributed by atoms with Gasteiger partial charge >= 0.3 is 23.9 Å². The van der Waals surface area contributed by atoms with E-state index in [1.54, 1.807) is 38.1 Å². The molecule has 0 radical (unpaired) electrons. The molecule has 12 heteroatoms. The topological polar surface area (TPSA) is 156 Å². The molecule has 2 heterocycles. The number of methoxy groups -OCH3 is 1. The highest BCUT2D eigenvalue weighted by molar-refractivity contribution is 6.00. The molecule has 0 saturated carbocycles. The lowest BCUT2D eigenvalue weighted by atomic mass is 9.91. The SMILES string of the molecule is CCCc1ccc(C(=O)Oc2c(OC)ccnc2C(=O)N[C@H]2COC(=O)[C@H](Cc3ccccc3)[C@@H](OC(=O)C(C)C)[C@H](C)OC2=O)cc1. The molecule has 0 spiro atoms. The van der Waals surface area contributed by atoms with Crippen molar-refractivity contribution >= 4 is 29.8 Å². The number of hydrogen-bond acceptors (Lipinski definition) is 11. The minimum Gasteiger partial charge on any atom is -0.493 e. The number of carbonyl (C=O) groups excluding carboxylic acids is 5. The normalized spacial score (nSPS) is 19.5. The van der Waals surface area contributed by atoms with Crippen LogP contribution in [0.4, 0.5) is 0 Å². The first-order chi connectivity index (χ1) is 23.0. The standard InChI is InChI=1S/C36H40N2O10/c1-6-10-23-13-15-25(16-14-23)34(41)48-31-28(44-5)17-18-37-29(31)32(39)38-27-20-45-35(42)26(19-24-11-8-7-9-12-24)30(22(4)46-36(27)43)47-33(40)21(2)3/h7-9,11-18,21-22,26-27,30H,6,10,19-20H2,1-5H3,(H,38,39)/t22-,26+,27-,30-/m0/s1. The molecule has 4 rings (SSSR count). The second kappa shape index (κ2) is 16.5. The number of cyclic esters (lactones) is 2. The zero-order valence-corrected chi connectivity index (χ0v) is 27.6. The quantitative estimate of drug-likeness (QED) is 0.231. The van der Waals surface area contributed by atoms with Crippen LogP contribution in [0.2, 0.25) is 0 Å². The van der Waals surface area contributed by atoms with Crippen molar-refractivity contribution in [3.8, 4) is 11.5 Å². The number of aromatic nitrogens is 1. The van der Waals surface area contributed by atoms with Gasteiger partial charge in [-0.3, -0.25) is 14.4 Å². The summed E-state index contributed by atoms with van der Waals surface area (Å²) < 4.78 is 27.8. The molecule has 2 aromatic carbocycles. The lowest BCUT2D eigenvalue weighted by molar-refractivity contribution is -0.176. The average molecular weight is 661 g/mol. The largest absolute Gasteiger partial charge is 0.493 e. The second-order valence-electron chi connectivity index (χ2n) is 11.7. The van der Waals surface area contributed by atoms with Gasteiger partial charge in [-0.15, -0.1) is 0 Å². The van der Waals surface area contributed by atoms with Crippen LogP contribution in [0.1, 0.15) is 66.1 Å². The molecule has 1 aliphatic heterocycles.